The molecule has 1 aliphatic rings. The van der Waals surface area contributed by atoms with Crippen molar-refractivity contribution in [3.05, 3.63) is 17.5 Å². The average molecular weight is 281 g/mol. The maximum atomic E-state index is 12.0. The molecule has 4 heteroatoms. The molecule has 1 aliphatic carbocycles. The first-order chi connectivity index (χ1) is 9.31. The van der Waals surface area contributed by atoms with Crippen LogP contribution in [-0.2, 0) is 4.74 Å². The summed E-state index contributed by atoms with van der Waals surface area (Å²) in [7, 11) is 0. The zero-order valence-electron chi connectivity index (χ0n) is 11.6. The lowest BCUT2D eigenvalue weighted by molar-refractivity contribution is 0.159. The first-order valence-electron chi connectivity index (χ1n) is 7.29. The van der Waals surface area contributed by atoms with E-state index < -0.39 is 0 Å². The van der Waals surface area contributed by atoms with E-state index in [0.29, 0.717) is 6.61 Å². The van der Waals surface area contributed by atoms with Gasteiger partial charge in [0.15, 0.2) is 0 Å². The van der Waals surface area contributed by atoms with Crippen molar-refractivity contribution in [2.24, 2.45) is 5.92 Å². The summed E-state index contributed by atoms with van der Waals surface area (Å²) in [6.07, 6.45) is 7.61. The van der Waals surface area contributed by atoms with Crippen molar-refractivity contribution in [3.63, 3.8) is 0 Å². The second-order valence-corrected chi connectivity index (χ2v) is 6.02. The Balaban J connectivity index is 1.91. The van der Waals surface area contributed by atoms with E-state index in [-0.39, 0.29) is 6.09 Å². The summed E-state index contributed by atoms with van der Waals surface area (Å²) in [6.45, 7) is 3.07. The van der Waals surface area contributed by atoms with Crippen molar-refractivity contribution in [2.75, 3.05) is 18.1 Å². The van der Waals surface area contributed by atoms with Crippen molar-refractivity contribution in [1.82, 2.24) is 0 Å². The molecule has 106 valence electrons. The van der Waals surface area contributed by atoms with Gasteiger partial charge in [0.05, 0.1) is 6.61 Å². The SMILES string of the molecule is CCOC(=O)N(CCC1CCCCC1)c1cccs1. The third-order valence-electron chi connectivity index (χ3n) is 3.75. The van der Waals surface area contributed by atoms with Gasteiger partial charge in [-0.1, -0.05) is 32.1 Å². The Morgan fingerprint density at radius 2 is 2.21 bits per heavy atom. The molecule has 1 heterocycles. The summed E-state index contributed by atoms with van der Waals surface area (Å²) in [5.74, 6) is 0.783. The topological polar surface area (TPSA) is 29.5 Å². The van der Waals surface area contributed by atoms with Gasteiger partial charge in [0.25, 0.3) is 0 Å². The van der Waals surface area contributed by atoms with Crippen LogP contribution in [0.3, 0.4) is 0 Å². The minimum Gasteiger partial charge on any atom is -0.449 e. The highest BCUT2D eigenvalue weighted by molar-refractivity contribution is 7.14. The minimum absolute atomic E-state index is 0.208. The molecule has 1 aromatic rings. The molecule has 3 nitrogen and oxygen atoms in total. The molecule has 1 aromatic heterocycles. The van der Waals surface area contributed by atoms with Gasteiger partial charge in [0, 0.05) is 6.54 Å². The molecule has 0 unspecified atom stereocenters. The zero-order chi connectivity index (χ0) is 13.5. The van der Waals surface area contributed by atoms with E-state index in [1.807, 2.05) is 24.4 Å². The monoisotopic (exact) mass is 281 g/mol. The quantitative estimate of drug-likeness (QED) is 0.784. The Kier molecular flexibility index (Phi) is 5.70. The Hall–Kier alpha value is -1.03. The lowest BCUT2D eigenvalue weighted by atomic mass is 9.87. The van der Waals surface area contributed by atoms with Crippen LogP contribution in [0, 0.1) is 5.92 Å². The van der Waals surface area contributed by atoms with Crippen LogP contribution in [0.25, 0.3) is 0 Å². The number of carbonyl (C=O) groups excluding carboxylic acids is 1. The molecule has 0 spiro atoms. The standard InChI is InChI=1S/C15H23NO2S/c1-2-18-15(17)16(14-9-6-12-19-14)11-10-13-7-4-3-5-8-13/h6,9,12-13H,2-5,7-8,10-11H2,1H3. The normalized spacial score (nSPS) is 16.3. The van der Waals surface area contributed by atoms with Crippen LogP contribution in [0.15, 0.2) is 17.5 Å². The number of nitrogens with zero attached hydrogens (tertiary/aromatic N) is 1. The molecule has 2 rings (SSSR count). The second kappa shape index (κ2) is 7.53. The molecule has 0 atom stereocenters. The fourth-order valence-corrected chi connectivity index (χ4v) is 3.45. The number of thiophene rings is 1. The van der Waals surface area contributed by atoms with Crippen LogP contribution in [0.2, 0.25) is 0 Å². The highest BCUT2D eigenvalue weighted by atomic mass is 32.1. The van der Waals surface area contributed by atoms with Gasteiger partial charge in [0.2, 0.25) is 0 Å². The highest BCUT2D eigenvalue weighted by Gasteiger charge is 2.20. The Morgan fingerprint density at radius 3 is 2.84 bits per heavy atom. The first-order valence-corrected chi connectivity index (χ1v) is 8.17. The molecule has 0 aromatic carbocycles. The van der Waals surface area contributed by atoms with E-state index in [9.17, 15) is 4.79 Å². The van der Waals surface area contributed by atoms with E-state index in [4.69, 9.17) is 4.74 Å². The van der Waals surface area contributed by atoms with Crippen LogP contribution in [0.1, 0.15) is 45.4 Å². The van der Waals surface area contributed by atoms with Gasteiger partial charge in [-0.25, -0.2) is 4.79 Å². The van der Waals surface area contributed by atoms with Gasteiger partial charge in [-0.05, 0) is 36.8 Å². The molecule has 19 heavy (non-hydrogen) atoms. The molecule has 1 amide bonds. The van der Waals surface area contributed by atoms with Crippen molar-refractivity contribution < 1.29 is 9.53 Å². The Labute approximate surface area is 119 Å². The number of rotatable bonds is 5. The Bertz CT molecular complexity index is 372. The molecule has 1 fully saturated rings. The van der Waals surface area contributed by atoms with E-state index in [0.717, 1.165) is 23.9 Å². The maximum absolute atomic E-state index is 12.0. The summed E-state index contributed by atoms with van der Waals surface area (Å²) >= 11 is 1.60. The third kappa shape index (κ3) is 4.23. The fraction of sp³-hybridized carbons (Fsp3) is 0.667. The molecule has 0 aliphatic heterocycles. The van der Waals surface area contributed by atoms with Crippen LogP contribution in [-0.4, -0.2) is 19.2 Å². The molecule has 0 radical (unpaired) electrons. The molecular weight excluding hydrogens is 258 g/mol. The van der Waals surface area contributed by atoms with Crippen molar-refractivity contribution in [1.29, 1.82) is 0 Å². The van der Waals surface area contributed by atoms with Gasteiger partial charge in [-0.15, -0.1) is 11.3 Å². The largest absolute Gasteiger partial charge is 0.449 e. The maximum Gasteiger partial charge on any atom is 0.414 e. The zero-order valence-corrected chi connectivity index (χ0v) is 12.5. The number of hydrogen-bond acceptors (Lipinski definition) is 3. The van der Waals surface area contributed by atoms with Crippen molar-refractivity contribution >= 4 is 22.4 Å². The molecule has 0 saturated heterocycles. The van der Waals surface area contributed by atoms with E-state index in [1.54, 1.807) is 16.2 Å². The first kappa shape index (κ1) is 14.4. The predicted molar refractivity (Wildman–Crippen MR) is 79.9 cm³/mol. The van der Waals surface area contributed by atoms with E-state index in [1.165, 1.54) is 32.1 Å². The smallest absolute Gasteiger partial charge is 0.414 e. The second-order valence-electron chi connectivity index (χ2n) is 5.09. The van der Waals surface area contributed by atoms with Gasteiger partial charge in [-0.3, -0.25) is 4.90 Å². The summed E-state index contributed by atoms with van der Waals surface area (Å²) in [5, 5.41) is 3.00. The van der Waals surface area contributed by atoms with E-state index >= 15 is 0 Å². The van der Waals surface area contributed by atoms with Crippen LogP contribution in [0.5, 0.6) is 0 Å². The fourth-order valence-electron chi connectivity index (χ4n) is 2.70. The van der Waals surface area contributed by atoms with Crippen LogP contribution in [0.4, 0.5) is 9.80 Å². The predicted octanol–water partition coefficient (Wildman–Crippen LogP) is 4.68. The summed E-state index contributed by atoms with van der Waals surface area (Å²) < 4.78 is 5.16. The van der Waals surface area contributed by atoms with Crippen molar-refractivity contribution in [2.45, 2.75) is 45.4 Å². The summed E-state index contributed by atoms with van der Waals surface area (Å²) in [6, 6.07) is 3.97. The highest BCUT2D eigenvalue weighted by Crippen LogP contribution is 2.28. The lowest BCUT2D eigenvalue weighted by Crippen LogP contribution is -2.33. The van der Waals surface area contributed by atoms with Gasteiger partial charge >= 0.3 is 6.09 Å². The average Bonchev–Trinajstić information content (AvgIpc) is 2.94. The third-order valence-corrected chi connectivity index (χ3v) is 4.64. The number of anilines is 1. The number of carbonyl (C=O) groups is 1. The number of hydrogen-bond donors (Lipinski definition) is 0. The van der Waals surface area contributed by atoms with Crippen LogP contribution < -0.4 is 4.90 Å². The van der Waals surface area contributed by atoms with Gasteiger partial charge in [-0.2, -0.15) is 0 Å². The summed E-state index contributed by atoms with van der Waals surface area (Å²) in [5.41, 5.74) is 0. The Morgan fingerprint density at radius 1 is 1.42 bits per heavy atom. The molecule has 0 bridgehead atoms. The van der Waals surface area contributed by atoms with Crippen molar-refractivity contribution in [3.8, 4) is 0 Å². The summed E-state index contributed by atoms with van der Waals surface area (Å²) in [4.78, 5) is 13.8. The molecule has 1 saturated carbocycles. The van der Waals surface area contributed by atoms with Gasteiger partial charge in [0.1, 0.15) is 5.00 Å². The minimum atomic E-state index is -0.208. The van der Waals surface area contributed by atoms with E-state index in [2.05, 4.69) is 0 Å². The molecule has 0 N–H and O–H groups in total. The molecular formula is C15H23NO2S. The van der Waals surface area contributed by atoms with Crippen LogP contribution >= 0.6 is 11.3 Å². The number of amides is 1. The number of ether oxygens (including phenoxy) is 1. The lowest BCUT2D eigenvalue weighted by Gasteiger charge is -2.25. The van der Waals surface area contributed by atoms with Gasteiger partial charge < -0.3 is 4.74 Å².